The third-order valence-electron chi connectivity index (χ3n) is 3.95. The van der Waals surface area contributed by atoms with Gasteiger partial charge in [0.1, 0.15) is 5.75 Å². The van der Waals surface area contributed by atoms with Gasteiger partial charge in [-0.15, -0.1) is 24.0 Å². The van der Waals surface area contributed by atoms with Crippen LogP contribution in [0, 0.1) is 0 Å². The molecule has 1 aliphatic heterocycles. The lowest BCUT2D eigenvalue weighted by Crippen LogP contribution is -2.53. The highest BCUT2D eigenvalue weighted by molar-refractivity contribution is 14.0. The lowest BCUT2D eigenvalue weighted by Gasteiger charge is -2.35. The predicted molar refractivity (Wildman–Crippen MR) is 109 cm³/mol. The third kappa shape index (κ3) is 5.94. The van der Waals surface area contributed by atoms with Crippen LogP contribution in [0.1, 0.15) is 12.5 Å². The molecule has 0 aliphatic carbocycles. The Morgan fingerprint density at radius 1 is 1.20 bits per heavy atom. The van der Waals surface area contributed by atoms with Crippen LogP contribution in [-0.2, 0) is 11.3 Å². The molecule has 0 saturated carbocycles. The van der Waals surface area contributed by atoms with E-state index in [0.717, 1.165) is 30.4 Å². The summed E-state index contributed by atoms with van der Waals surface area (Å²) in [7, 11) is 3.44. The fourth-order valence-electron chi connectivity index (χ4n) is 2.67. The number of nitrogens with one attached hydrogen (secondary N) is 1. The average molecular weight is 462 g/mol. The Morgan fingerprint density at radius 3 is 2.44 bits per heavy atom. The quantitative estimate of drug-likeness (QED) is 0.422. The van der Waals surface area contributed by atoms with Gasteiger partial charge in [-0.25, -0.2) is 4.79 Å². The molecule has 8 heteroatoms. The van der Waals surface area contributed by atoms with Gasteiger partial charge in [-0.3, -0.25) is 4.99 Å². The number of guanidine groups is 1. The van der Waals surface area contributed by atoms with E-state index in [9.17, 15) is 4.79 Å². The standard InChI is InChI=1S/C17H26N4O3.HI/c1-4-24-17(22)21-11-9-20(10-12-21)16(18-2)19-13-14-7-5-6-8-15(14)23-3;/h5-8H,4,9-13H2,1-3H3,(H,18,19);1H. The molecule has 2 rings (SSSR count). The minimum absolute atomic E-state index is 0. The van der Waals surface area contributed by atoms with Crippen molar-refractivity contribution in [2.45, 2.75) is 13.5 Å². The molecule has 0 radical (unpaired) electrons. The van der Waals surface area contributed by atoms with Crippen LogP contribution in [0.4, 0.5) is 4.79 Å². The van der Waals surface area contributed by atoms with Crippen molar-refractivity contribution >= 4 is 36.0 Å². The molecule has 1 saturated heterocycles. The summed E-state index contributed by atoms with van der Waals surface area (Å²) in [5.74, 6) is 1.68. The molecule has 0 spiro atoms. The minimum atomic E-state index is -0.242. The van der Waals surface area contributed by atoms with Crippen LogP contribution >= 0.6 is 24.0 Å². The molecule has 25 heavy (non-hydrogen) atoms. The number of carbonyl (C=O) groups excluding carboxylic acids is 1. The van der Waals surface area contributed by atoms with E-state index in [1.54, 1.807) is 19.1 Å². The highest BCUT2D eigenvalue weighted by atomic mass is 127. The number of nitrogens with zero attached hydrogens (tertiary/aromatic N) is 3. The number of hydrogen-bond acceptors (Lipinski definition) is 4. The van der Waals surface area contributed by atoms with Crippen LogP contribution in [0.15, 0.2) is 29.3 Å². The van der Waals surface area contributed by atoms with Gasteiger partial charge in [0.2, 0.25) is 0 Å². The zero-order chi connectivity index (χ0) is 17.4. The van der Waals surface area contributed by atoms with Gasteiger partial charge < -0.3 is 24.6 Å². The molecular formula is C17H27IN4O3. The minimum Gasteiger partial charge on any atom is -0.496 e. The Kier molecular flexibility index (Phi) is 9.40. The number of amides is 1. The average Bonchev–Trinajstić information content (AvgIpc) is 2.63. The lowest BCUT2D eigenvalue weighted by molar-refractivity contribution is 0.0914. The van der Waals surface area contributed by atoms with Gasteiger partial charge in [-0.1, -0.05) is 18.2 Å². The summed E-state index contributed by atoms with van der Waals surface area (Å²) in [6.45, 7) is 5.57. The maximum Gasteiger partial charge on any atom is 0.409 e. The predicted octanol–water partition coefficient (Wildman–Crippen LogP) is 2.16. The first-order valence-corrected chi connectivity index (χ1v) is 8.18. The van der Waals surface area contributed by atoms with Gasteiger partial charge in [0.15, 0.2) is 5.96 Å². The first kappa shape index (κ1) is 21.3. The van der Waals surface area contributed by atoms with Gasteiger partial charge in [0.05, 0.1) is 13.7 Å². The number of piperazine rings is 1. The van der Waals surface area contributed by atoms with Gasteiger partial charge in [-0.05, 0) is 13.0 Å². The van der Waals surface area contributed by atoms with Crippen LogP contribution in [0.25, 0.3) is 0 Å². The number of rotatable bonds is 4. The van der Waals surface area contributed by atoms with Gasteiger partial charge in [-0.2, -0.15) is 0 Å². The molecule has 0 unspecified atom stereocenters. The normalized spacial score (nSPS) is 14.6. The second kappa shape index (κ2) is 11.0. The van der Waals surface area contributed by atoms with E-state index in [-0.39, 0.29) is 30.1 Å². The van der Waals surface area contributed by atoms with Gasteiger partial charge in [0, 0.05) is 45.3 Å². The summed E-state index contributed by atoms with van der Waals surface area (Å²) in [6, 6.07) is 7.90. The Bertz CT molecular complexity index is 575. The van der Waals surface area contributed by atoms with Crippen molar-refractivity contribution in [2.75, 3.05) is 46.9 Å². The largest absolute Gasteiger partial charge is 0.496 e. The smallest absolute Gasteiger partial charge is 0.409 e. The summed E-state index contributed by atoms with van der Waals surface area (Å²) in [6.07, 6.45) is -0.242. The van der Waals surface area contributed by atoms with Crippen molar-refractivity contribution in [3.05, 3.63) is 29.8 Å². The molecule has 0 aromatic heterocycles. The topological polar surface area (TPSA) is 66.4 Å². The number of ether oxygens (including phenoxy) is 2. The number of methoxy groups -OCH3 is 1. The second-order valence-corrected chi connectivity index (χ2v) is 5.39. The van der Waals surface area contributed by atoms with E-state index in [1.807, 2.05) is 31.2 Å². The molecule has 0 atom stereocenters. The van der Waals surface area contributed by atoms with E-state index in [0.29, 0.717) is 26.2 Å². The Balaban J connectivity index is 0.00000312. The summed E-state index contributed by atoms with van der Waals surface area (Å²) >= 11 is 0. The van der Waals surface area contributed by atoms with Crippen molar-refractivity contribution < 1.29 is 14.3 Å². The van der Waals surface area contributed by atoms with Crippen molar-refractivity contribution in [3.8, 4) is 5.75 Å². The van der Waals surface area contributed by atoms with Crippen molar-refractivity contribution in [1.29, 1.82) is 0 Å². The Hall–Kier alpha value is -1.71. The number of carbonyl (C=O) groups is 1. The molecule has 1 fully saturated rings. The molecule has 0 bridgehead atoms. The van der Waals surface area contributed by atoms with Crippen LogP contribution in [0.2, 0.25) is 0 Å². The highest BCUT2D eigenvalue weighted by Crippen LogP contribution is 2.16. The zero-order valence-electron chi connectivity index (χ0n) is 15.0. The van der Waals surface area contributed by atoms with Crippen LogP contribution in [0.3, 0.4) is 0 Å². The molecule has 1 N–H and O–H groups in total. The molecule has 1 aromatic carbocycles. The molecule has 7 nitrogen and oxygen atoms in total. The monoisotopic (exact) mass is 462 g/mol. The number of halogens is 1. The zero-order valence-corrected chi connectivity index (χ0v) is 17.4. The summed E-state index contributed by atoms with van der Waals surface area (Å²) in [5.41, 5.74) is 1.08. The fraction of sp³-hybridized carbons (Fsp3) is 0.529. The van der Waals surface area contributed by atoms with Crippen LogP contribution in [0.5, 0.6) is 5.75 Å². The van der Waals surface area contributed by atoms with E-state index < -0.39 is 0 Å². The van der Waals surface area contributed by atoms with Gasteiger partial charge in [0.25, 0.3) is 0 Å². The van der Waals surface area contributed by atoms with E-state index in [4.69, 9.17) is 9.47 Å². The summed E-state index contributed by atoms with van der Waals surface area (Å²) in [4.78, 5) is 20.0. The Labute approximate surface area is 166 Å². The SMILES string of the molecule is CCOC(=O)N1CCN(C(=NC)NCc2ccccc2OC)CC1.I. The second-order valence-electron chi connectivity index (χ2n) is 5.39. The van der Waals surface area contributed by atoms with Crippen LogP contribution < -0.4 is 10.1 Å². The highest BCUT2D eigenvalue weighted by Gasteiger charge is 2.23. The molecule has 1 heterocycles. The van der Waals surface area contributed by atoms with E-state index in [1.165, 1.54) is 0 Å². The molecule has 1 aliphatic rings. The first-order valence-electron chi connectivity index (χ1n) is 8.18. The third-order valence-corrected chi connectivity index (χ3v) is 3.95. The maximum absolute atomic E-state index is 11.8. The van der Waals surface area contributed by atoms with Crippen LogP contribution in [-0.4, -0.2) is 68.8 Å². The summed E-state index contributed by atoms with van der Waals surface area (Å²) < 4.78 is 10.4. The molecule has 140 valence electrons. The molecule has 1 amide bonds. The number of benzene rings is 1. The molecule has 1 aromatic rings. The van der Waals surface area contributed by atoms with E-state index in [2.05, 4.69) is 15.2 Å². The van der Waals surface area contributed by atoms with Crippen molar-refractivity contribution in [2.24, 2.45) is 4.99 Å². The number of aliphatic imine (C=N–C) groups is 1. The van der Waals surface area contributed by atoms with Crippen molar-refractivity contribution in [3.63, 3.8) is 0 Å². The first-order chi connectivity index (χ1) is 11.7. The van der Waals surface area contributed by atoms with E-state index >= 15 is 0 Å². The Morgan fingerprint density at radius 2 is 1.84 bits per heavy atom. The lowest BCUT2D eigenvalue weighted by atomic mass is 10.2. The fourth-order valence-corrected chi connectivity index (χ4v) is 2.67. The number of hydrogen-bond donors (Lipinski definition) is 1. The summed E-state index contributed by atoms with van der Waals surface area (Å²) in [5, 5.41) is 3.36. The van der Waals surface area contributed by atoms with Crippen molar-refractivity contribution in [1.82, 2.24) is 15.1 Å². The van der Waals surface area contributed by atoms with Gasteiger partial charge >= 0.3 is 6.09 Å². The molecular weight excluding hydrogens is 435 g/mol. The maximum atomic E-state index is 11.8. The number of para-hydroxylation sites is 1.